The third kappa shape index (κ3) is 1.94. The number of benzene rings is 2. The van der Waals surface area contributed by atoms with E-state index in [0.29, 0.717) is 6.54 Å². The highest BCUT2D eigenvalue weighted by molar-refractivity contribution is 6.04. The molecule has 0 radical (unpaired) electrons. The third-order valence-corrected chi connectivity index (χ3v) is 5.11. The van der Waals surface area contributed by atoms with E-state index in [-0.39, 0.29) is 0 Å². The summed E-state index contributed by atoms with van der Waals surface area (Å²) in [6.07, 6.45) is 3.88. The van der Waals surface area contributed by atoms with Crippen LogP contribution in [0.25, 0.3) is 37.8 Å². The van der Waals surface area contributed by atoms with Crippen molar-refractivity contribution in [2.24, 2.45) is 7.05 Å². The van der Waals surface area contributed by atoms with E-state index in [1.165, 1.54) is 5.56 Å². The van der Waals surface area contributed by atoms with Crippen molar-refractivity contribution in [3.8, 4) is 22.8 Å². The lowest BCUT2D eigenvalue weighted by Gasteiger charge is -2.21. The second-order valence-electron chi connectivity index (χ2n) is 6.70. The van der Waals surface area contributed by atoms with Crippen molar-refractivity contribution >= 4 is 21.7 Å². The summed E-state index contributed by atoms with van der Waals surface area (Å²) in [5.41, 5.74) is 5.34. The highest BCUT2D eigenvalue weighted by Crippen LogP contribution is 2.48. The zero-order valence-corrected chi connectivity index (χ0v) is 14.6. The van der Waals surface area contributed by atoms with Crippen molar-refractivity contribution in [1.29, 1.82) is 0 Å². The number of rotatable bonds is 1. The summed E-state index contributed by atoms with van der Waals surface area (Å²) in [6, 6.07) is 12.3. The zero-order chi connectivity index (χ0) is 17.8. The standard InChI is InChI=1S/C22H16N3O/c1-13-16-5-4-7-24-17(16)11-19-20(13)22-21-15(6-8-25(22)3)9-14(12-23-2)10-18(21)26-19/h4-11H,12H2,1,3H3/q+1. The Kier molecular flexibility index (Phi) is 3.01. The van der Waals surface area contributed by atoms with E-state index >= 15 is 0 Å². The Labute approximate surface area is 151 Å². The number of aryl methyl sites for hydroxylation is 2. The minimum absolute atomic E-state index is 0.355. The molecule has 0 saturated carbocycles. The van der Waals surface area contributed by atoms with Crippen LogP contribution in [0.4, 0.5) is 0 Å². The van der Waals surface area contributed by atoms with Gasteiger partial charge in [-0.2, -0.15) is 0 Å². The van der Waals surface area contributed by atoms with Gasteiger partial charge in [-0.15, -0.1) is 0 Å². The van der Waals surface area contributed by atoms with Crippen LogP contribution in [-0.2, 0) is 13.6 Å². The van der Waals surface area contributed by atoms with E-state index in [1.807, 2.05) is 18.2 Å². The van der Waals surface area contributed by atoms with Crippen molar-refractivity contribution in [2.45, 2.75) is 13.5 Å². The Morgan fingerprint density at radius 3 is 2.92 bits per heavy atom. The van der Waals surface area contributed by atoms with Crippen LogP contribution in [0.15, 0.2) is 48.8 Å². The van der Waals surface area contributed by atoms with Gasteiger partial charge < -0.3 is 9.58 Å². The third-order valence-electron chi connectivity index (χ3n) is 5.11. The first-order chi connectivity index (χ1) is 12.7. The molecule has 4 heteroatoms. The van der Waals surface area contributed by atoms with E-state index in [4.69, 9.17) is 11.3 Å². The number of hydrogen-bond acceptors (Lipinski definition) is 2. The minimum Gasteiger partial charge on any atom is -0.455 e. The van der Waals surface area contributed by atoms with Gasteiger partial charge in [0.05, 0.1) is 16.5 Å². The smallest absolute Gasteiger partial charge is 0.239 e. The Morgan fingerprint density at radius 1 is 1.19 bits per heavy atom. The lowest BCUT2D eigenvalue weighted by Crippen LogP contribution is -2.31. The number of pyridine rings is 2. The molecule has 0 fully saturated rings. The maximum absolute atomic E-state index is 7.17. The van der Waals surface area contributed by atoms with Crippen LogP contribution in [0.2, 0.25) is 0 Å². The van der Waals surface area contributed by atoms with Crippen LogP contribution in [0.1, 0.15) is 11.1 Å². The molecule has 26 heavy (non-hydrogen) atoms. The predicted octanol–water partition coefficient (Wildman–Crippen LogP) is 4.71. The molecule has 0 bridgehead atoms. The average molecular weight is 338 g/mol. The molecule has 124 valence electrons. The monoisotopic (exact) mass is 338 g/mol. The van der Waals surface area contributed by atoms with Crippen LogP contribution in [0.5, 0.6) is 11.5 Å². The highest BCUT2D eigenvalue weighted by Gasteiger charge is 2.30. The fourth-order valence-corrected chi connectivity index (χ4v) is 3.95. The maximum Gasteiger partial charge on any atom is 0.239 e. The molecule has 1 aliphatic rings. The first kappa shape index (κ1) is 14.9. The van der Waals surface area contributed by atoms with Gasteiger partial charge in [-0.05, 0) is 36.1 Å². The van der Waals surface area contributed by atoms with Crippen molar-refractivity contribution in [3.63, 3.8) is 0 Å². The van der Waals surface area contributed by atoms with Gasteiger partial charge >= 0.3 is 0 Å². The van der Waals surface area contributed by atoms with Gasteiger partial charge in [0.15, 0.2) is 6.20 Å². The first-order valence-corrected chi connectivity index (χ1v) is 8.52. The van der Waals surface area contributed by atoms with Crippen LogP contribution >= 0.6 is 0 Å². The Bertz CT molecular complexity index is 1270. The largest absolute Gasteiger partial charge is 0.455 e. The maximum atomic E-state index is 7.17. The van der Waals surface area contributed by atoms with E-state index in [0.717, 1.165) is 50.0 Å². The lowest BCUT2D eigenvalue weighted by atomic mass is 9.92. The normalized spacial score (nSPS) is 11.9. The SMILES string of the molecule is [C-]#[N+]Cc1cc2c3c([n+](C)ccc3c1)-c1c(cc3ncccc3c1C)O2. The number of aromatic nitrogens is 2. The molecule has 0 aliphatic carbocycles. The summed E-state index contributed by atoms with van der Waals surface area (Å²) in [6.45, 7) is 9.66. The summed E-state index contributed by atoms with van der Waals surface area (Å²) in [4.78, 5) is 8.02. The van der Waals surface area contributed by atoms with Gasteiger partial charge in [0.1, 0.15) is 18.5 Å². The van der Waals surface area contributed by atoms with Gasteiger partial charge in [-0.1, -0.05) is 6.07 Å². The average Bonchev–Trinajstić information content (AvgIpc) is 2.64. The summed E-state index contributed by atoms with van der Waals surface area (Å²) in [5, 5.41) is 3.34. The van der Waals surface area contributed by atoms with E-state index in [1.54, 1.807) is 6.20 Å². The van der Waals surface area contributed by atoms with Crippen LogP contribution in [0, 0.1) is 13.5 Å². The molecule has 5 rings (SSSR count). The second-order valence-corrected chi connectivity index (χ2v) is 6.70. The molecule has 0 unspecified atom stereocenters. The van der Waals surface area contributed by atoms with E-state index in [2.05, 4.69) is 52.8 Å². The molecule has 0 amide bonds. The number of nitrogens with zero attached hydrogens (tertiary/aromatic N) is 3. The quantitative estimate of drug-likeness (QED) is 0.327. The minimum atomic E-state index is 0.355. The summed E-state index contributed by atoms with van der Waals surface area (Å²) < 4.78 is 8.47. The molecule has 0 saturated heterocycles. The lowest BCUT2D eigenvalue weighted by molar-refractivity contribution is -0.659. The fraction of sp³-hybridized carbons (Fsp3) is 0.136. The van der Waals surface area contributed by atoms with Gasteiger partial charge in [-0.25, -0.2) is 11.1 Å². The van der Waals surface area contributed by atoms with Crippen LogP contribution in [-0.4, -0.2) is 4.98 Å². The number of fused-ring (bicyclic) bond motifs is 3. The van der Waals surface area contributed by atoms with Gasteiger partial charge in [0, 0.05) is 29.3 Å². The molecule has 0 N–H and O–H groups in total. The molecule has 2 aromatic heterocycles. The molecule has 4 aromatic rings. The van der Waals surface area contributed by atoms with Crippen molar-refractivity contribution in [2.75, 3.05) is 0 Å². The molecular formula is C22H16N3O+. The number of ether oxygens (including phenoxy) is 1. The molecule has 4 nitrogen and oxygen atoms in total. The predicted molar refractivity (Wildman–Crippen MR) is 101 cm³/mol. The Morgan fingerprint density at radius 2 is 2.08 bits per heavy atom. The fourth-order valence-electron chi connectivity index (χ4n) is 3.95. The summed E-state index contributed by atoms with van der Waals surface area (Å²) in [5.74, 6) is 1.64. The van der Waals surface area contributed by atoms with Crippen molar-refractivity contribution < 1.29 is 9.30 Å². The second kappa shape index (κ2) is 5.27. The molecule has 0 atom stereocenters. The summed E-state index contributed by atoms with van der Waals surface area (Å²) >= 11 is 0. The molecule has 1 aliphatic heterocycles. The first-order valence-electron chi connectivity index (χ1n) is 8.52. The summed E-state index contributed by atoms with van der Waals surface area (Å²) in [7, 11) is 2.06. The van der Waals surface area contributed by atoms with Gasteiger partial charge in [0.2, 0.25) is 12.2 Å². The zero-order valence-electron chi connectivity index (χ0n) is 14.6. The molecule has 3 heterocycles. The molecular weight excluding hydrogens is 322 g/mol. The van der Waals surface area contributed by atoms with Crippen molar-refractivity contribution in [1.82, 2.24) is 4.98 Å². The van der Waals surface area contributed by atoms with Gasteiger partial charge in [-0.3, -0.25) is 4.98 Å². The Hall–Kier alpha value is -3.45. The van der Waals surface area contributed by atoms with Crippen molar-refractivity contribution in [3.05, 3.63) is 71.3 Å². The molecule has 2 aromatic carbocycles. The highest BCUT2D eigenvalue weighted by atomic mass is 16.5. The molecule has 0 spiro atoms. The van der Waals surface area contributed by atoms with Crippen LogP contribution in [0.3, 0.4) is 0 Å². The van der Waals surface area contributed by atoms with Gasteiger partial charge in [0.25, 0.3) is 0 Å². The number of hydrogen-bond donors (Lipinski definition) is 0. The Balaban J connectivity index is 1.94. The van der Waals surface area contributed by atoms with Crippen LogP contribution < -0.4 is 9.30 Å². The van der Waals surface area contributed by atoms with E-state index < -0.39 is 0 Å². The topological polar surface area (TPSA) is 30.4 Å². The van der Waals surface area contributed by atoms with E-state index in [9.17, 15) is 0 Å².